The van der Waals surface area contributed by atoms with E-state index in [2.05, 4.69) is 39.7 Å². The van der Waals surface area contributed by atoms with Crippen molar-refractivity contribution in [2.45, 2.75) is 12.3 Å². The van der Waals surface area contributed by atoms with Gasteiger partial charge in [0.15, 0.2) is 5.82 Å². The molecule has 1 unspecified atom stereocenters. The monoisotopic (exact) mass is 277 g/mol. The SMILES string of the molecule is CNc1ccccc1-c1nc(C2Cc3ccccc32)no1. The zero-order valence-corrected chi connectivity index (χ0v) is 11.7. The first kappa shape index (κ1) is 12.1. The van der Waals surface area contributed by atoms with Gasteiger partial charge in [-0.05, 0) is 29.7 Å². The molecule has 0 bridgehead atoms. The third-order valence-electron chi connectivity index (χ3n) is 4.03. The molecule has 0 amide bonds. The predicted octanol–water partition coefficient (Wildman–Crippen LogP) is 3.47. The van der Waals surface area contributed by atoms with Gasteiger partial charge in [-0.15, -0.1) is 0 Å². The molecule has 1 aromatic heterocycles. The summed E-state index contributed by atoms with van der Waals surface area (Å²) < 4.78 is 5.46. The van der Waals surface area contributed by atoms with Crippen LogP contribution in [0.15, 0.2) is 53.1 Å². The van der Waals surface area contributed by atoms with Crippen LogP contribution in [0.4, 0.5) is 5.69 Å². The van der Waals surface area contributed by atoms with E-state index in [1.165, 1.54) is 11.1 Å². The summed E-state index contributed by atoms with van der Waals surface area (Å²) in [6.45, 7) is 0. The first-order chi connectivity index (χ1) is 10.4. The Morgan fingerprint density at radius 3 is 2.76 bits per heavy atom. The molecule has 1 heterocycles. The average Bonchev–Trinajstić information content (AvgIpc) is 2.97. The van der Waals surface area contributed by atoms with Gasteiger partial charge in [-0.25, -0.2) is 0 Å². The van der Waals surface area contributed by atoms with Crippen LogP contribution in [0, 0.1) is 0 Å². The lowest BCUT2D eigenvalue weighted by Gasteiger charge is -2.27. The minimum absolute atomic E-state index is 0.264. The quantitative estimate of drug-likeness (QED) is 0.796. The second kappa shape index (κ2) is 4.74. The van der Waals surface area contributed by atoms with Crippen molar-refractivity contribution in [3.05, 3.63) is 65.5 Å². The fourth-order valence-electron chi connectivity index (χ4n) is 2.86. The highest BCUT2D eigenvalue weighted by molar-refractivity contribution is 5.72. The minimum atomic E-state index is 0.264. The van der Waals surface area contributed by atoms with Crippen LogP contribution in [0.5, 0.6) is 0 Å². The third-order valence-corrected chi connectivity index (χ3v) is 4.03. The number of benzene rings is 2. The van der Waals surface area contributed by atoms with Gasteiger partial charge in [-0.2, -0.15) is 4.98 Å². The molecular weight excluding hydrogens is 262 g/mol. The number of rotatable bonds is 3. The first-order valence-corrected chi connectivity index (χ1v) is 7.05. The molecule has 1 aliphatic carbocycles. The number of fused-ring (bicyclic) bond motifs is 1. The van der Waals surface area contributed by atoms with Crippen LogP contribution in [-0.2, 0) is 6.42 Å². The van der Waals surface area contributed by atoms with Crippen molar-refractivity contribution in [2.75, 3.05) is 12.4 Å². The molecule has 4 nitrogen and oxygen atoms in total. The largest absolute Gasteiger partial charge is 0.387 e. The number of nitrogens with one attached hydrogen (secondary N) is 1. The van der Waals surface area contributed by atoms with Crippen molar-refractivity contribution < 1.29 is 4.52 Å². The van der Waals surface area contributed by atoms with Crippen molar-refractivity contribution in [2.24, 2.45) is 0 Å². The Morgan fingerprint density at radius 2 is 1.90 bits per heavy atom. The van der Waals surface area contributed by atoms with Crippen molar-refractivity contribution in [3.8, 4) is 11.5 Å². The molecule has 1 atom stereocenters. The van der Waals surface area contributed by atoms with Gasteiger partial charge in [0.1, 0.15) is 0 Å². The van der Waals surface area contributed by atoms with E-state index in [0.29, 0.717) is 5.89 Å². The Labute approximate surface area is 122 Å². The molecule has 0 radical (unpaired) electrons. The summed E-state index contributed by atoms with van der Waals surface area (Å²) in [6, 6.07) is 16.4. The van der Waals surface area contributed by atoms with E-state index in [1.54, 1.807) is 0 Å². The van der Waals surface area contributed by atoms with E-state index in [0.717, 1.165) is 23.5 Å². The first-order valence-electron chi connectivity index (χ1n) is 7.05. The summed E-state index contributed by atoms with van der Waals surface area (Å²) in [5, 5.41) is 7.32. The molecule has 0 saturated heterocycles. The lowest BCUT2D eigenvalue weighted by molar-refractivity contribution is 0.416. The van der Waals surface area contributed by atoms with Crippen LogP contribution in [0.1, 0.15) is 22.9 Å². The van der Waals surface area contributed by atoms with Crippen molar-refractivity contribution >= 4 is 5.69 Å². The molecule has 2 aromatic carbocycles. The zero-order chi connectivity index (χ0) is 14.2. The minimum Gasteiger partial charge on any atom is -0.387 e. The van der Waals surface area contributed by atoms with Gasteiger partial charge in [0.25, 0.3) is 5.89 Å². The molecule has 3 aromatic rings. The number of hydrogen-bond donors (Lipinski definition) is 1. The van der Waals surface area contributed by atoms with Crippen LogP contribution in [0.3, 0.4) is 0 Å². The summed E-state index contributed by atoms with van der Waals surface area (Å²) in [7, 11) is 1.89. The summed E-state index contributed by atoms with van der Waals surface area (Å²) in [4.78, 5) is 4.59. The molecule has 0 aliphatic heterocycles. The number of anilines is 1. The van der Waals surface area contributed by atoms with Gasteiger partial charge in [0.05, 0.1) is 11.5 Å². The number of aromatic nitrogens is 2. The van der Waals surface area contributed by atoms with Crippen LogP contribution in [-0.4, -0.2) is 17.2 Å². The maximum absolute atomic E-state index is 5.46. The van der Waals surface area contributed by atoms with Gasteiger partial charge in [0, 0.05) is 12.7 Å². The van der Waals surface area contributed by atoms with Crippen LogP contribution in [0.2, 0.25) is 0 Å². The maximum atomic E-state index is 5.46. The highest BCUT2D eigenvalue weighted by atomic mass is 16.5. The number of para-hydroxylation sites is 1. The van der Waals surface area contributed by atoms with Gasteiger partial charge >= 0.3 is 0 Å². The second-order valence-corrected chi connectivity index (χ2v) is 5.21. The number of hydrogen-bond acceptors (Lipinski definition) is 4. The second-order valence-electron chi connectivity index (χ2n) is 5.21. The van der Waals surface area contributed by atoms with E-state index in [-0.39, 0.29) is 5.92 Å². The van der Waals surface area contributed by atoms with Crippen molar-refractivity contribution in [1.29, 1.82) is 0 Å². The van der Waals surface area contributed by atoms with E-state index in [1.807, 2.05) is 31.3 Å². The molecule has 0 saturated carbocycles. The normalized spacial score (nSPS) is 16.1. The molecule has 21 heavy (non-hydrogen) atoms. The van der Waals surface area contributed by atoms with E-state index < -0.39 is 0 Å². The van der Waals surface area contributed by atoms with Gasteiger partial charge in [-0.3, -0.25) is 0 Å². The molecule has 1 N–H and O–H groups in total. The average molecular weight is 277 g/mol. The highest BCUT2D eigenvalue weighted by Gasteiger charge is 2.31. The van der Waals surface area contributed by atoms with Crippen LogP contribution in [0.25, 0.3) is 11.5 Å². The highest BCUT2D eigenvalue weighted by Crippen LogP contribution is 2.39. The molecule has 1 aliphatic rings. The molecule has 4 rings (SSSR count). The Balaban J connectivity index is 1.69. The Hall–Kier alpha value is -2.62. The molecule has 104 valence electrons. The molecular formula is C17H15N3O. The topological polar surface area (TPSA) is 51.0 Å². The summed E-state index contributed by atoms with van der Waals surface area (Å²) in [6.07, 6.45) is 0.989. The molecule has 4 heteroatoms. The summed E-state index contributed by atoms with van der Waals surface area (Å²) in [5.41, 5.74) is 4.62. The Kier molecular flexibility index (Phi) is 2.74. The van der Waals surface area contributed by atoms with E-state index in [9.17, 15) is 0 Å². The molecule has 0 fully saturated rings. The van der Waals surface area contributed by atoms with Gasteiger partial charge in [0.2, 0.25) is 0 Å². The Bertz CT molecular complexity index is 794. The standard InChI is InChI=1S/C17H15N3O/c1-18-15-9-5-4-8-13(15)17-19-16(20-21-17)14-10-11-6-2-3-7-12(11)14/h2-9,14,18H,10H2,1H3. The van der Waals surface area contributed by atoms with Crippen LogP contribution < -0.4 is 5.32 Å². The molecule has 0 spiro atoms. The predicted molar refractivity (Wildman–Crippen MR) is 81.3 cm³/mol. The fraction of sp³-hybridized carbons (Fsp3) is 0.176. The lowest BCUT2D eigenvalue weighted by atomic mass is 9.77. The fourth-order valence-corrected chi connectivity index (χ4v) is 2.86. The van der Waals surface area contributed by atoms with E-state index >= 15 is 0 Å². The summed E-state index contributed by atoms with van der Waals surface area (Å²) in [5.74, 6) is 1.61. The van der Waals surface area contributed by atoms with E-state index in [4.69, 9.17) is 4.52 Å². The lowest BCUT2D eigenvalue weighted by Crippen LogP contribution is -2.19. The zero-order valence-electron chi connectivity index (χ0n) is 11.7. The van der Waals surface area contributed by atoms with Gasteiger partial charge < -0.3 is 9.84 Å². The van der Waals surface area contributed by atoms with Crippen molar-refractivity contribution in [3.63, 3.8) is 0 Å². The maximum Gasteiger partial charge on any atom is 0.260 e. The van der Waals surface area contributed by atoms with Gasteiger partial charge in [-0.1, -0.05) is 41.6 Å². The summed E-state index contributed by atoms with van der Waals surface area (Å²) >= 11 is 0. The third kappa shape index (κ3) is 1.91. The smallest absolute Gasteiger partial charge is 0.260 e. The van der Waals surface area contributed by atoms with Crippen molar-refractivity contribution in [1.82, 2.24) is 10.1 Å². The number of nitrogens with zero attached hydrogens (tertiary/aromatic N) is 2. The van der Waals surface area contributed by atoms with Crippen LogP contribution >= 0.6 is 0 Å². The Morgan fingerprint density at radius 1 is 1.10 bits per heavy atom.